The van der Waals surface area contributed by atoms with E-state index in [-0.39, 0.29) is 6.04 Å². The number of hydrogen-bond donors (Lipinski definition) is 1. The third-order valence-corrected chi connectivity index (χ3v) is 4.69. The minimum atomic E-state index is 0.138. The zero-order valence-corrected chi connectivity index (χ0v) is 12.9. The topological polar surface area (TPSA) is 12.0 Å². The van der Waals surface area contributed by atoms with Gasteiger partial charge in [0, 0.05) is 9.90 Å². The third-order valence-electron chi connectivity index (χ3n) is 2.85. The minimum Gasteiger partial charge on any atom is -0.309 e. The minimum absolute atomic E-state index is 0.138. The van der Waals surface area contributed by atoms with E-state index in [1.807, 2.05) is 26.1 Å². The largest absolute Gasteiger partial charge is 0.309 e. The smallest absolute Gasteiger partial charge is 0.0961 e. The fraction of sp³-hybridized carbons (Fsp3) is 0.286. The van der Waals surface area contributed by atoms with Crippen LogP contribution in [0.15, 0.2) is 24.3 Å². The fourth-order valence-electron chi connectivity index (χ4n) is 2.03. The van der Waals surface area contributed by atoms with Crippen LogP contribution in [0.2, 0.25) is 9.36 Å². The Labute approximate surface area is 122 Å². The monoisotopic (exact) mass is 299 g/mol. The number of halogens is 2. The fourth-order valence-corrected chi connectivity index (χ4v) is 3.68. The van der Waals surface area contributed by atoms with E-state index in [4.69, 9.17) is 23.2 Å². The lowest BCUT2D eigenvalue weighted by Gasteiger charge is -2.16. The Balaban J connectivity index is 2.44. The molecule has 1 aromatic heterocycles. The molecule has 1 nitrogen and oxygen atoms in total. The Morgan fingerprint density at radius 2 is 1.83 bits per heavy atom. The molecule has 0 saturated carbocycles. The highest BCUT2D eigenvalue weighted by molar-refractivity contribution is 7.16. The summed E-state index contributed by atoms with van der Waals surface area (Å²) in [5.41, 5.74) is 3.45. The normalized spacial score (nSPS) is 12.7. The molecule has 0 aliphatic carbocycles. The van der Waals surface area contributed by atoms with Gasteiger partial charge in [0.25, 0.3) is 0 Å². The summed E-state index contributed by atoms with van der Waals surface area (Å²) in [5, 5.41) is 4.09. The lowest BCUT2D eigenvalue weighted by Crippen LogP contribution is -2.16. The maximum absolute atomic E-state index is 6.15. The van der Waals surface area contributed by atoms with Gasteiger partial charge in [-0.25, -0.2) is 0 Å². The van der Waals surface area contributed by atoms with Crippen molar-refractivity contribution in [3.8, 4) is 0 Å². The molecule has 0 aliphatic rings. The van der Waals surface area contributed by atoms with Crippen molar-refractivity contribution in [1.82, 2.24) is 5.32 Å². The van der Waals surface area contributed by atoms with Gasteiger partial charge >= 0.3 is 0 Å². The molecule has 0 radical (unpaired) electrons. The molecule has 0 amide bonds. The predicted molar refractivity (Wildman–Crippen MR) is 81.2 cm³/mol. The molecular formula is C14H15Cl2NS. The maximum atomic E-state index is 6.15. The highest BCUT2D eigenvalue weighted by Gasteiger charge is 2.16. The molecule has 1 N–H and O–H groups in total. The van der Waals surface area contributed by atoms with Crippen LogP contribution in [0.3, 0.4) is 0 Å². The van der Waals surface area contributed by atoms with Crippen molar-refractivity contribution in [2.24, 2.45) is 0 Å². The van der Waals surface area contributed by atoms with Crippen LogP contribution in [-0.2, 0) is 0 Å². The van der Waals surface area contributed by atoms with Crippen molar-refractivity contribution in [2.45, 2.75) is 19.9 Å². The number of nitrogens with one attached hydrogen (secondary N) is 1. The molecule has 1 atom stereocenters. The summed E-state index contributed by atoms with van der Waals surface area (Å²) >= 11 is 13.9. The van der Waals surface area contributed by atoms with E-state index < -0.39 is 0 Å². The van der Waals surface area contributed by atoms with Gasteiger partial charge < -0.3 is 5.32 Å². The quantitative estimate of drug-likeness (QED) is 0.843. The van der Waals surface area contributed by atoms with Crippen LogP contribution in [-0.4, -0.2) is 7.05 Å². The first-order chi connectivity index (χ1) is 8.51. The van der Waals surface area contributed by atoms with Gasteiger partial charge in [0.05, 0.1) is 10.4 Å². The summed E-state index contributed by atoms with van der Waals surface area (Å²) in [4.78, 5) is 1.21. The molecular weight excluding hydrogens is 285 g/mol. The molecule has 0 spiro atoms. The van der Waals surface area contributed by atoms with Crippen LogP contribution < -0.4 is 5.32 Å². The number of thiophene rings is 1. The van der Waals surface area contributed by atoms with Gasteiger partial charge in [0.2, 0.25) is 0 Å². The average molecular weight is 300 g/mol. The predicted octanol–water partition coefficient (Wildman–Crippen LogP) is 4.98. The number of aryl methyl sites for hydroxylation is 2. The number of hydrogen-bond acceptors (Lipinski definition) is 2. The Kier molecular flexibility index (Phi) is 4.33. The summed E-state index contributed by atoms with van der Waals surface area (Å²) in [6, 6.07) is 8.38. The SMILES string of the molecule is CNC(c1cc(C)cc(Cl)c1)c1cc(C)c(Cl)s1. The standard InChI is InChI=1S/C14H15Cl2NS/c1-8-4-10(7-11(15)5-8)13(17-3)12-6-9(2)14(16)18-12/h4-7,13,17H,1-3H3. The van der Waals surface area contributed by atoms with Crippen LogP contribution in [0, 0.1) is 13.8 Å². The second-order valence-electron chi connectivity index (χ2n) is 4.39. The molecule has 1 aromatic carbocycles. The van der Waals surface area contributed by atoms with Gasteiger partial charge in [-0.05, 0) is 55.8 Å². The lowest BCUT2D eigenvalue weighted by molar-refractivity contribution is 0.703. The van der Waals surface area contributed by atoms with Gasteiger partial charge in [-0.2, -0.15) is 0 Å². The van der Waals surface area contributed by atoms with E-state index in [1.54, 1.807) is 11.3 Å². The van der Waals surface area contributed by atoms with Crippen LogP contribution in [0.4, 0.5) is 0 Å². The van der Waals surface area contributed by atoms with Crippen LogP contribution in [0.5, 0.6) is 0 Å². The summed E-state index contributed by atoms with van der Waals surface area (Å²) in [6.45, 7) is 4.08. The molecule has 2 rings (SSSR count). The Hall–Kier alpha value is -0.540. The van der Waals surface area contributed by atoms with Gasteiger partial charge in [-0.3, -0.25) is 0 Å². The maximum Gasteiger partial charge on any atom is 0.0961 e. The van der Waals surface area contributed by atoms with E-state index >= 15 is 0 Å². The van der Waals surface area contributed by atoms with Gasteiger partial charge in [0.15, 0.2) is 0 Å². The molecule has 0 saturated heterocycles. The molecule has 1 unspecified atom stereocenters. The lowest BCUT2D eigenvalue weighted by atomic mass is 10.0. The van der Waals surface area contributed by atoms with E-state index in [2.05, 4.69) is 24.4 Å². The average Bonchev–Trinajstić information content (AvgIpc) is 2.58. The van der Waals surface area contributed by atoms with Crippen LogP contribution in [0.1, 0.15) is 27.6 Å². The summed E-state index contributed by atoms with van der Waals surface area (Å²) in [5.74, 6) is 0. The summed E-state index contributed by atoms with van der Waals surface area (Å²) in [7, 11) is 1.95. The second kappa shape index (κ2) is 5.62. The molecule has 96 valence electrons. The molecule has 0 aliphatic heterocycles. The van der Waals surface area contributed by atoms with E-state index in [0.29, 0.717) is 0 Å². The first-order valence-corrected chi connectivity index (χ1v) is 7.28. The van der Waals surface area contributed by atoms with Crippen molar-refractivity contribution >= 4 is 34.5 Å². The first kappa shape index (κ1) is 13.9. The number of benzene rings is 1. The second-order valence-corrected chi connectivity index (χ2v) is 6.51. The van der Waals surface area contributed by atoms with Crippen LogP contribution in [0.25, 0.3) is 0 Å². The zero-order valence-electron chi connectivity index (χ0n) is 10.6. The van der Waals surface area contributed by atoms with E-state index in [1.165, 1.54) is 10.4 Å². The molecule has 4 heteroatoms. The van der Waals surface area contributed by atoms with E-state index in [9.17, 15) is 0 Å². The molecule has 18 heavy (non-hydrogen) atoms. The molecule has 0 fully saturated rings. The van der Waals surface area contributed by atoms with Crippen molar-refractivity contribution in [1.29, 1.82) is 0 Å². The number of rotatable bonds is 3. The van der Waals surface area contributed by atoms with Crippen molar-refractivity contribution in [2.75, 3.05) is 7.05 Å². The van der Waals surface area contributed by atoms with Crippen LogP contribution >= 0.6 is 34.5 Å². The van der Waals surface area contributed by atoms with Crippen molar-refractivity contribution in [3.63, 3.8) is 0 Å². The highest BCUT2D eigenvalue weighted by atomic mass is 35.5. The molecule has 2 aromatic rings. The highest BCUT2D eigenvalue weighted by Crippen LogP contribution is 2.34. The van der Waals surface area contributed by atoms with Crippen molar-refractivity contribution < 1.29 is 0 Å². The molecule has 0 bridgehead atoms. The van der Waals surface area contributed by atoms with Gasteiger partial charge in [0.1, 0.15) is 0 Å². The van der Waals surface area contributed by atoms with Crippen molar-refractivity contribution in [3.05, 3.63) is 55.2 Å². The van der Waals surface area contributed by atoms with Gasteiger partial charge in [-0.1, -0.05) is 29.3 Å². The van der Waals surface area contributed by atoms with Gasteiger partial charge in [-0.15, -0.1) is 11.3 Å². The third kappa shape index (κ3) is 2.89. The molecule has 1 heterocycles. The van der Waals surface area contributed by atoms with E-state index in [0.717, 1.165) is 20.5 Å². The summed E-state index contributed by atoms with van der Waals surface area (Å²) in [6.07, 6.45) is 0. The first-order valence-electron chi connectivity index (χ1n) is 5.71. The Morgan fingerprint density at radius 3 is 2.33 bits per heavy atom. The zero-order chi connectivity index (χ0) is 13.3. The Morgan fingerprint density at radius 1 is 1.11 bits per heavy atom. The summed E-state index contributed by atoms with van der Waals surface area (Å²) < 4.78 is 0.851. The Bertz CT molecular complexity index is 523.